The fourth-order valence-corrected chi connectivity index (χ4v) is 7.71. The minimum absolute atomic E-state index is 0.267. The van der Waals surface area contributed by atoms with Crippen LogP contribution in [-0.2, 0) is 17.9 Å². The van der Waals surface area contributed by atoms with Crippen molar-refractivity contribution in [2.75, 3.05) is 31.5 Å². The first kappa shape index (κ1) is 33.7. The normalized spacial score (nSPS) is 18.0. The molecular weight excluding hydrogens is 678 g/mol. The first-order chi connectivity index (χ1) is 25.2. The number of likely N-dealkylation sites (tertiary alicyclic amines) is 2. The highest BCUT2D eigenvalue weighted by molar-refractivity contribution is 6.36. The molecule has 2 fully saturated rings. The number of hydrogen-bond acceptors (Lipinski definition) is 10. The number of nitriles is 1. The summed E-state index contributed by atoms with van der Waals surface area (Å²) in [4.78, 5) is 30.0. The predicted octanol–water partition coefficient (Wildman–Crippen LogP) is 7.16. The molecule has 2 saturated heterocycles. The van der Waals surface area contributed by atoms with Gasteiger partial charge in [-0.1, -0.05) is 35.9 Å². The molecule has 2 aliphatic rings. The van der Waals surface area contributed by atoms with Crippen LogP contribution in [0.2, 0.25) is 5.02 Å². The van der Waals surface area contributed by atoms with Crippen molar-refractivity contribution >= 4 is 51.1 Å². The van der Waals surface area contributed by atoms with E-state index in [0.29, 0.717) is 71.7 Å². The van der Waals surface area contributed by atoms with Gasteiger partial charge in [0.1, 0.15) is 17.1 Å². The molecule has 8 rings (SSSR count). The molecule has 0 spiro atoms. The van der Waals surface area contributed by atoms with E-state index < -0.39 is 5.97 Å². The Balaban J connectivity index is 1.07. The molecule has 0 saturated carbocycles. The second-order valence-corrected chi connectivity index (χ2v) is 14.1. The smallest absolute Gasteiger partial charge is 0.307 e. The molecule has 0 amide bonds. The van der Waals surface area contributed by atoms with Crippen molar-refractivity contribution in [3.8, 4) is 28.7 Å². The highest BCUT2D eigenvalue weighted by Crippen LogP contribution is 2.40. The number of halogens is 1. The Morgan fingerprint density at radius 3 is 2.56 bits per heavy atom. The number of fused-ring (bicyclic) bond motifs is 2. The van der Waals surface area contributed by atoms with Crippen LogP contribution in [0.4, 0.5) is 11.5 Å². The highest BCUT2D eigenvalue weighted by Gasteiger charge is 2.28. The van der Waals surface area contributed by atoms with E-state index in [1.54, 1.807) is 12.3 Å². The van der Waals surface area contributed by atoms with E-state index in [1.807, 2.05) is 61.7 Å². The van der Waals surface area contributed by atoms with Gasteiger partial charge >= 0.3 is 5.97 Å². The Bertz CT molecular complexity index is 2390. The molecule has 2 aliphatic heterocycles. The number of benzene rings is 3. The van der Waals surface area contributed by atoms with Gasteiger partial charge in [0.05, 0.1) is 28.3 Å². The summed E-state index contributed by atoms with van der Waals surface area (Å²) < 4.78 is 6.25. The fraction of sp³-hybridized carbons (Fsp3) is 0.275. The van der Waals surface area contributed by atoms with Gasteiger partial charge in [0.25, 0.3) is 0 Å². The molecule has 12 heteroatoms. The lowest BCUT2D eigenvalue weighted by Gasteiger charge is -2.16. The van der Waals surface area contributed by atoms with Gasteiger partial charge < -0.3 is 19.9 Å². The third-order valence-corrected chi connectivity index (χ3v) is 10.5. The topological polar surface area (TPSA) is 152 Å². The second kappa shape index (κ2) is 14.0. The van der Waals surface area contributed by atoms with Gasteiger partial charge in [-0.05, 0) is 85.0 Å². The van der Waals surface area contributed by atoms with E-state index in [0.717, 1.165) is 63.8 Å². The molecule has 0 bridgehead atoms. The van der Waals surface area contributed by atoms with E-state index in [2.05, 4.69) is 32.2 Å². The summed E-state index contributed by atoms with van der Waals surface area (Å²) >= 11 is 7.12. The van der Waals surface area contributed by atoms with Crippen LogP contribution in [0.3, 0.4) is 0 Å². The number of rotatable bonds is 9. The second-order valence-electron chi connectivity index (χ2n) is 13.7. The van der Waals surface area contributed by atoms with Crippen LogP contribution < -0.4 is 5.32 Å². The molecule has 262 valence electrons. The zero-order valence-corrected chi connectivity index (χ0v) is 29.3. The minimum atomic E-state index is -0.775. The van der Waals surface area contributed by atoms with Crippen molar-refractivity contribution < 1.29 is 19.4 Å². The molecule has 6 aromatic rings. The fourth-order valence-electron chi connectivity index (χ4n) is 7.44. The van der Waals surface area contributed by atoms with E-state index in [9.17, 15) is 20.3 Å². The average molecular weight is 714 g/mol. The van der Waals surface area contributed by atoms with Crippen LogP contribution in [-0.4, -0.2) is 73.2 Å². The Morgan fingerprint density at radius 1 is 1.00 bits per heavy atom. The number of aliphatic hydroxyl groups excluding tert-OH is 1. The molecule has 3 aromatic heterocycles. The van der Waals surface area contributed by atoms with Crippen molar-refractivity contribution in [3.63, 3.8) is 0 Å². The number of nitrogens with zero attached hydrogens (tertiary/aromatic N) is 6. The van der Waals surface area contributed by atoms with E-state index >= 15 is 0 Å². The first-order valence-corrected chi connectivity index (χ1v) is 17.7. The number of aliphatic carboxylic acids is 1. The number of carboxylic acid groups (broad SMARTS) is 1. The first-order valence-electron chi connectivity index (χ1n) is 17.3. The van der Waals surface area contributed by atoms with Crippen LogP contribution in [0.25, 0.3) is 44.6 Å². The summed E-state index contributed by atoms with van der Waals surface area (Å²) in [5.41, 5.74) is 8.15. The van der Waals surface area contributed by atoms with E-state index in [-0.39, 0.29) is 12.0 Å². The average Bonchev–Trinajstić information content (AvgIpc) is 3.89. The third-order valence-electron chi connectivity index (χ3n) is 10.1. The lowest BCUT2D eigenvalue weighted by atomic mass is 9.96. The number of nitrogens with one attached hydrogen (secondary N) is 1. The van der Waals surface area contributed by atoms with Gasteiger partial charge in [-0.2, -0.15) is 5.26 Å². The maximum Gasteiger partial charge on any atom is 0.307 e. The largest absolute Gasteiger partial charge is 0.481 e. The Hall–Kier alpha value is -5.38. The highest BCUT2D eigenvalue weighted by atomic mass is 35.5. The summed E-state index contributed by atoms with van der Waals surface area (Å²) in [6.45, 7) is 5.97. The van der Waals surface area contributed by atoms with Crippen LogP contribution >= 0.6 is 11.6 Å². The van der Waals surface area contributed by atoms with Crippen LogP contribution in [0, 0.1) is 24.2 Å². The lowest BCUT2D eigenvalue weighted by Crippen LogP contribution is -2.22. The summed E-state index contributed by atoms with van der Waals surface area (Å²) in [6.07, 6.45) is 4.76. The molecule has 2 atom stereocenters. The van der Waals surface area contributed by atoms with Gasteiger partial charge in [-0.25, -0.2) is 9.97 Å². The Kier molecular flexibility index (Phi) is 9.07. The van der Waals surface area contributed by atoms with Gasteiger partial charge in [0, 0.05) is 61.6 Å². The summed E-state index contributed by atoms with van der Waals surface area (Å²) in [6, 6.07) is 21.7. The molecular formula is C40H36ClN7O4. The number of anilines is 2. The summed E-state index contributed by atoms with van der Waals surface area (Å²) in [5.74, 6) is -0.161. The zero-order valence-electron chi connectivity index (χ0n) is 28.5. The monoisotopic (exact) mass is 713 g/mol. The van der Waals surface area contributed by atoms with Crippen LogP contribution in [0.15, 0.2) is 77.5 Å². The third kappa shape index (κ3) is 6.58. The molecule has 11 nitrogen and oxygen atoms in total. The molecule has 3 aromatic carbocycles. The maximum atomic E-state index is 11.5. The SMILES string of the molecule is Cc1c(-c2nc3cc(CN4CC[C@@H](C(=O)O)C4)cc(C#N)c3o2)cccc1-c1cccc(Nc2nccc3cc(CN4CC[C@H](O)C4)cnc23)c1Cl. The molecule has 0 aliphatic carbocycles. The Labute approximate surface area is 305 Å². The van der Waals surface area contributed by atoms with Crippen LogP contribution in [0.1, 0.15) is 35.1 Å². The predicted molar refractivity (Wildman–Crippen MR) is 199 cm³/mol. The van der Waals surface area contributed by atoms with Crippen molar-refractivity contribution in [3.05, 3.63) is 100 Å². The molecule has 5 heterocycles. The lowest BCUT2D eigenvalue weighted by molar-refractivity contribution is -0.141. The van der Waals surface area contributed by atoms with Crippen molar-refractivity contribution in [2.24, 2.45) is 5.92 Å². The van der Waals surface area contributed by atoms with Crippen molar-refractivity contribution in [1.29, 1.82) is 5.26 Å². The van der Waals surface area contributed by atoms with E-state index in [4.69, 9.17) is 26.0 Å². The molecule has 52 heavy (non-hydrogen) atoms. The minimum Gasteiger partial charge on any atom is -0.481 e. The Morgan fingerprint density at radius 2 is 1.77 bits per heavy atom. The van der Waals surface area contributed by atoms with Gasteiger partial charge in [0.15, 0.2) is 11.4 Å². The summed E-state index contributed by atoms with van der Waals surface area (Å²) in [7, 11) is 0. The quantitative estimate of drug-likeness (QED) is 0.140. The number of β-amino-alcohol motifs (C(OH)–C–C–N with tert-alkyl or cyclic N) is 1. The molecule has 0 unspecified atom stereocenters. The number of hydrogen-bond donors (Lipinski definition) is 3. The number of pyridine rings is 2. The van der Waals surface area contributed by atoms with Gasteiger partial charge in [-0.15, -0.1) is 0 Å². The number of oxazole rings is 1. The number of carboxylic acids is 1. The zero-order chi connectivity index (χ0) is 35.9. The maximum absolute atomic E-state index is 11.5. The number of aliphatic hydroxyl groups is 1. The number of carbonyl (C=O) groups is 1. The molecule has 0 radical (unpaired) electrons. The molecule has 3 N–H and O–H groups in total. The van der Waals surface area contributed by atoms with E-state index in [1.165, 1.54) is 0 Å². The van der Waals surface area contributed by atoms with Gasteiger partial charge in [0.2, 0.25) is 5.89 Å². The standard InChI is InChI=1S/C40H36ClN7O4/c1-23-30(4-2-5-31(23)39-46-34-16-24(14-28(17-42)37(34)52-39)19-47-12-9-27(21-47)40(50)51)32-6-3-7-33(35(32)41)45-38-36-26(8-11-43-38)15-25(18-44-36)20-48-13-10-29(49)22-48/h2-8,11,14-16,18,27,29,49H,9-10,12-13,19-22H2,1H3,(H,43,45)(H,50,51)/t27-,29+/m1/s1. The van der Waals surface area contributed by atoms with Gasteiger partial charge in [-0.3, -0.25) is 19.6 Å². The van der Waals surface area contributed by atoms with Crippen molar-refractivity contribution in [1.82, 2.24) is 24.8 Å². The van der Waals surface area contributed by atoms with Crippen molar-refractivity contribution in [2.45, 2.75) is 39.0 Å². The summed E-state index contributed by atoms with van der Waals surface area (Å²) in [5, 5.41) is 34.2. The van der Waals surface area contributed by atoms with Crippen LogP contribution in [0.5, 0.6) is 0 Å². The number of aromatic nitrogens is 3.